The summed E-state index contributed by atoms with van der Waals surface area (Å²) < 4.78 is 51.1. The van der Waals surface area contributed by atoms with Crippen molar-refractivity contribution in [2.45, 2.75) is 162 Å². The summed E-state index contributed by atoms with van der Waals surface area (Å²) in [5, 5.41) is 31.5. The number of unbranched alkanes of at least 4 members (excludes halogenated alkanes) is 1. The molecule has 0 saturated carbocycles. The molecule has 10 heterocycles. The van der Waals surface area contributed by atoms with Crippen molar-refractivity contribution in [3.63, 3.8) is 0 Å². The molecule has 24 nitrogen and oxygen atoms in total. The van der Waals surface area contributed by atoms with Crippen molar-refractivity contribution in [1.82, 2.24) is 46.1 Å². The van der Waals surface area contributed by atoms with Crippen LogP contribution in [0, 0.1) is 90.0 Å². The Morgan fingerprint density at radius 3 is 1.39 bits per heavy atom. The number of nitrogen functional groups attached to an aromatic ring is 4. The number of aromatic amines is 1. The lowest BCUT2D eigenvalue weighted by atomic mass is 9.76. The van der Waals surface area contributed by atoms with Crippen molar-refractivity contribution < 1.29 is 45.8 Å². The van der Waals surface area contributed by atoms with E-state index in [1.165, 1.54) is 0 Å². The third kappa shape index (κ3) is 14.7. The van der Waals surface area contributed by atoms with Gasteiger partial charge in [0.2, 0.25) is 11.2 Å². The van der Waals surface area contributed by atoms with Crippen molar-refractivity contribution in [3.8, 4) is 66.8 Å². The van der Waals surface area contributed by atoms with Crippen molar-refractivity contribution in [2.24, 2.45) is 0 Å². The van der Waals surface area contributed by atoms with Gasteiger partial charge in [0.15, 0.2) is 0 Å². The number of benzene rings is 4. The molecule has 14 rings (SSSR count). The molecule has 0 atom stereocenters. The average molecular weight is 1500 g/mol. The van der Waals surface area contributed by atoms with Crippen LogP contribution in [0.15, 0.2) is 89.1 Å². The van der Waals surface area contributed by atoms with Crippen LogP contribution in [0.1, 0.15) is 133 Å². The molecule has 518 valence electrons. The van der Waals surface area contributed by atoms with Gasteiger partial charge >= 0.3 is 7.12 Å². The summed E-state index contributed by atoms with van der Waals surface area (Å²) in [7, 11) is -0.372. The maximum absolute atomic E-state index is 11.9. The Balaban J connectivity index is 0.000000137. The molecule has 2 aliphatic heterocycles. The molecule has 0 bridgehead atoms. The number of imidazole rings is 1. The van der Waals surface area contributed by atoms with Gasteiger partial charge in [-0.1, -0.05) is 65.4 Å². The van der Waals surface area contributed by atoms with Crippen LogP contribution in [0.3, 0.4) is 0 Å². The van der Waals surface area contributed by atoms with Gasteiger partial charge in [-0.25, -0.2) is 4.98 Å². The number of anilines is 5. The second-order valence-corrected chi connectivity index (χ2v) is 27.8. The number of nitrogens with two attached hydrogens (primary N) is 4. The normalized spacial score (nSPS) is 13.5. The SMILES string of the molecule is CCCCc1onc(C)c1B1OC(C)(C)C(C)(C)O1.Cc1noc(C)c1-c1cc(-c2c(C)noc2C)c2nc(Cl)[nH]c2c1.Cc1noc(C)c1-c1cc(N)c(N)c(-c2c(C)noc2C)c1.Cc1noc(C)c1-c1cc2c(c(-c3c(C)noc3C)c1)CC(=O)N2.Nc1cc(Br)cc(Br)c1N. The number of nitrogens with zero attached hydrogens (tertiary/aromatic N) is 8. The highest BCUT2D eigenvalue weighted by Gasteiger charge is 2.53. The molecule has 0 radical (unpaired) electrons. The number of carbonyl (C=O) groups excluding carboxylic acids is 1. The largest absolute Gasteiger partial charge is 0.500 e. The number of aryl methyl sites for hydroxylation is 14. The van der Waals surface area contributed by atoms with Gasteiger partial charge in [0.05, 0.1) is 91.3 Å². The number of halogens is 3. The van der Waals surface area contributed by atoms with Gasteiger partial charge in [-0.2, -0.15) is 0 Å². The molecule has 2 aliphatic rings. The molecule has 1 amide bonds. The molecule has 10 N–H and O–H groups in total. The van der Waals surface area contributed by atoms with Crippen molar-refractivity contribution >= 4 is 101 Å². The first kappa shape index (κ1) is 72.5. The fraction of sp³-hybridized carbons (Fsp3) is 0.338. The maximum Gasteiger partial charge on any atom is 0.500 e. The van der Waals surface area contributed by atoms with E-state index in [0.717, 1.165) is 197 Å². The Labute approximate surface area is 594 Å². The maximum atomic E-state index is 11.9. The number of rotatable bonds is 10. The summed E-state index contributed by atoms with van der Waals surface area (Å²) in [6.07, 6.45) is 3.46. The van der Waals surface area contributed by atoms with Crippen LogP contribution in [-0.4, -0.2) is 70.3 Å². The minimum Gasteiger partial charge on any atom is -0.399 e. The first-order chi connectivity index (χ1) is 46.7. The number of nitrogens with one attached hydrogen (secondary N) is 2. The Morgan fingerprint density at radius 1 is 0.515 bits per heavy atom. The summed E-state index contributed by atoms with van der Waals surface area (Å²) in [6, 6.07) is 15.5. The molecule has 99 heavy (non-hydrogen) atoms. The van der Waals surface area contributed by atoms with Gasteiger partial charge in [-0.3, -0.25) is 4.79 Å². The molecular weight excluding hydrogens is 1410 g/mol. The highest BCUT2D eigenvalue weighted by Crippen LogP contribution is 2.45. The smallest absolute Gasteiger partial charge is 0.399 e. The predicted molar refractivity (Wildman–Crippen MR) is 391 cm³/mol. The van der Waals surface area contributed by atoms with Crippen LogP contribution in [0.2, 0.25) is 5.28 Å². The van der Waals surface area contributed by atoms with Crippen molar-refractivity contribution in [2.75, 3.05) is 28.3 Å². The number of hydrogen-bond acceptors (Lipinski definition) is 22. The number of amides is 1. The number of hydrogen-bond donors (Lipinski definition) is 6. The molecule has 8 aromatic heterocycles. The molecule has 0 spiro atoms. The zero-order chi connectivity index (χ0) is 72.0. The molecule has 0 unspecified atom stereocenters. The van der Waals surface area contributed by atoms with Gasteiger partial charge in [-0.05, 0) is 228 Å². The van der Waals surface area contributed by atoms with E-state index in [1.54, 1.807) is 6.07 Å². The second kappa shape index (κ2) is 28.9. The van der Waals surface area contributed by atoms with E-state index in [0.29, 0.717) is 40.2 Å². The highest BCUT2D eigenvalue weighted by atomic mass is 79.9. The summed E-state index contributed by atoms with van der Waals surface area (Å²) >= 11 is 12.6. The predicted octanol–water partition coefficient (Wildman–Crippen LogP) is 16.9. The Morgan fingerprint density at radius 2 is 0.929 bits per heavy atom. The highest BCUT2D eigenvalue weighted by molar-refractivity contribution is 9.11. The van der Waals surface area contributed by atoms with E-state index < -0.39 is 0 Å². The van der Waals surface area contributed by atoms with E-state index in [1.807, 2.05) is 120 Å². The lowest BCUT2D eigenvalue weighted by Crippen LogP contribution is -2.41. The summed E-state index contributed by atoms with van der Waals surface area (Å²) in [6.45, 7) is 35.0. The summed E-state index contributed by atoms with van der Waals surface area (Å²) in [5.41, 5.74) is 46.2. The van der Waals surface area contributed by atoms with Gasteiger partial charge in [-0.15, -0.1) is 0 Å². The number of H-pyrrole nitrogens is 1. The monoisotopic (exact) mass is 1490 g/mol. The fourth-order valence-electron chi connectivity index (χ4n) is 12.2. The van der Waals surface area contributed by atoms with Gasteiger partial charge in [0.1, 0.15) is 40.3 Å². The van der Waals surface area contributed by atoms with Crippen LogP contribution in [0.25, 0.3) is 77.8 Å². The Kier molecular flexibility index (Phi) is 21.2. The van der Waals surface area contributed by atoms with Gasteiger partial charge in [0, 0.05) is 71.0 Å². The first-order valence-electron chi connectivity index (χ1n) is 32.0. The quantitative estimate of drug-likeness (QED) is 0.0547. The first-order valence-corrected chi connectivity index (χ1v) is 33.9. The van der Waals surface area contributed by atoms with E-state index in [2.05, 4.69) is 130 Å². The number of aromatic nitrogens is 9. The average Bonchev–Trinajstić information content (AvgIpc) is 1.66. The van der Waals surface area contributed by atoms with Gasteiger partial charge in [0.25, 0.3) is 0 Å². The Bertz CT molecular complexity index is 4850. The van der Waals surface area contributed by atoms with E-state index in [9.17, 15) is 4.79 Å². The second-order valence-electron chi connectivity index (χ2n) is 25.6. The van der Waals surface area contributed by atoms with Crippen molar-refractivity contribution in [1.29, 1.82) is 0 Å². The molecule has 4 aromatic carbocycles. The van der Waals surface area contributed by atoms with Crippen LogP contribution < -0.4 is 33.7 Å². The topological polar surface area (TPSA) is 363 Å². The lowest BCUT2D eigenvalue weighted by molar-refractivity contribution is -0.115. The molecule has 28 heteroatoms. The van der Waals surface area contributed by atoms with Crippen LogP contribution >= 0.6 is 43.5 Å². The Hall–Kier alpha value is -9.28. The molecule has 1 saturated heterocycles. The summed E-state index contributed by atoms with van der Waals surface area (Å²) in [4.78, 5) is 19.5. The van der Waals surface area contributed by atoms with E-state index >= 15 is 0 Å². The molecular formula is C71H80BBr2ClN14O10. The zero-order valence-electron chi connectivity index (χ0n) is 58.6. The minimum atomic E-state index is -0.372. The van der Waals surface area contributed by atoms with Crippen molar-refractivity contribution in [3.05, 3.63) is 149 Å². The molecule has 1 fully saturated rings. The number of carbonyl (C=O) groups is 1. The number of fused-ring (bicyclic) bond motifs is 2. The van der Waals surface area contributed by atoms with E-state index in [4.69, 9.17) is 75.5 Å². The standard InChI is InChI=1S/C18H17N3O3.C17H15ClN4O2.C16H18N4O2.C14H24BNO3.C6H6Br2N2/c1-8-17(10(3)23-20-8)12-5-14(18-9(2)21-24-11(18)4)13-7-16(22)19-15(13)6-12;1-7-14(9(3)23-21-7)11-5-12(15-8(2)22-24-10(15)4)16-13(6-11)19-17(18)20-16;1-7-14(9(3)21-19-7)11-5-12(16(18)13(17)6-11)15-8(2)20-22-10(15)4;1-7-8-9-11-12(10(2)16-17-11)15-18-13(3,4)14(5,6)19-15;7-3-1-4(8)6(10)5(9)2-3/h5-6H,7H2,1-4H3,(H,19,22);5-6H,1-4H3,(H,19,20);5-6H,17-18H2,1-4H3;7-9H2,1-6H3;1-2H,9-10H2. The summed E-state index contributed by atoms with van der Waals surface area (Å²) in [5.74, 6) is 5.34. The minimum absolute atomic E-state index is 0.00563. The zero-order valence-corrected chi connectivity index (χ0v) is 62.6. The van der Waals surface area contributed by atoms with Crippen LogP contribution in [-0.2, 0) is 26.9 Å². The van der Waals surface area contributed by atoms with Gasteiger partial charge < -0.3 is 74.2 Å². The third-order valence-corrected chi connectivity index (χ3v) is 19.2. The molecule has 0 aliphatic carbocycles. The lowest BCUT2D eigenvalue weighted by Gasteiger charge is -2.32. The van der Waals surface area contributed by atoms with E-state index in [-0.39, 0.29) is 24.2 Å². The van der Waals surface area contributed by atoms with Crippen LogP contribution in [0.5, 0.6) is 0 Å². The molecule has 12 aromatic rings. The van der Waals surface area contributed by atoms with Crippen LogP contribution in [0.4, 0.5) is 28.4 Å². The fourth-order valence-corrected chi connectivity index (χ4v) is 13.7. The third-order valence-electron chi connectivity index (χ3n) is 17.9.